The third kappa shape index (κ3) is 7.77. The number of para-hydroxylation sites is 2. The van der Waals surface area contributed by atoms with Gasteiger partial charge >= 0.3 is 0 Å². The van der Waals surface area contributed by atoms with E-state index < -0.39 is 168 Å². The minimum absolute atomic E-state index is 0.124. The maximum Gasteiger partial charge on any atom is 0.256 e. The molecule has 17 rings (SSSR count). The van der Waals surface area contributed by atoms with E-state index in [1.807, 2.05) is 78.9 Å². The van der Waals surface area contributed by atoms with Crippen LogP contribution in [-0.4, -0.2) is 11.3 Å². The van der Waals surface area contributed by atoms with Crippen LogP contribution >= 0.6 is 0 Å². The van der Waals surface area contributed by atoms with Crippen LogP contribution in [0.25, 0.3) is 83.1 Å². The molecule has 14 aromatic rings. The second kappa shape index (κ2) is 19.7. The van der Waals surface area contributed by atoms with Gasteiger partial charge in [0.05, 0.1) is 53.7 Å². The predicted molar refractivity (Wildman–Crippen MR) is 364 cm³/mol. The summed E-state index contributed by atoms with van der Waals surface area (Å²) >= 11 is 0. The molecule has 2 aliphatic heterocycles. The van der Waals surface area contributed by atoms with Crippen molar-refractivity contribution >= 4 is 62.0 Å². The van der Waals surface area contributed by atoms with E-state index in [0.29, 0.717) is 61.3 Å². The highest BCUT2D eigenvalue weighted by atomic mass is 16.5. The standard InChI is InChI=1S/C83H59BN2O/c1-82(2,3)61-51-68(55-28-11-5-12-29-55)81(69(52-61)56-30-13-6-14-31-56)86-75-53-62(85-73-42-23-20-37-65(73)66-38-21-24-43-74(66)85)45-47-71(75)84-72-46-44-57(54-26-9-4-10-27-54)49-77(72)87-78-50-58(48-76(86)80(78)84)63-39-25-40-67-64-36-19-22-41-70(64)83(79(63)67,59-32-15-7-16-33-59)60-34-17-8-18-35-60/h4-53H,1-3H3/i4D,7D,8D,9D,10D,15D,16D,17D,18D,20D,21D,23D,24D,26D,27D,32D,33D,34D,35D,37D,38D,42D,43D. The van der Waals surface area contributed by atoms with E-state index in [0.717, 1.165) is 16.7 Å². The van der Waals surface area contributed by atoms with Gasteiger partial charge in [-0.3, -0.25) is 0 Å². The first-order valence-corrected chi connectivity index (χ1v) is 28.5. The van der Waals surface area contributed by atoms with Gasteiger partial charge in [-0.25, -0.2) is 0 Å². The average Bonchev–Trinajstić information content (AvgIpc) is 1.44. The zero-order chi connectivity index (χ0) is 78.0. The fourth-order valence-electron chi connectivity index (χ4n) is 13.6. The first kappa shape index (κ1) is 32.6. The molecule has 0 fully saturated rings. The lowest BCUT2D eigenvalue weighted by atomic mass is 9.34. The van der Waals surface area contributed by atoms with Crippen LogP contribution in [0.5, 0.6) is 11.5 Å². The third-order valence-corrected chi connectivity index (χ3v) is 17.3. The summed E-state index contributed by atoms with van der Waals surface area (Å²) in [6.07, 6.45) is 0. The summed E-state index contributed by atoms with van der Waals surface area (Å²) in [5, 5.41) is -0.311. The Morgan fingerprint density at radius 2 is 0.966 bits per heavy atom. The van der Waals surface area contributed by atoms with E-state index in [-0.39, 0.29) is 66.8 Å². The Kier molecular flexibility index (Phi) is 7.37. The van der Waals surface area contributed by atoms with Crippen molar-refractivity contribution < 1.29 is 36.3 Å². The molecule has 0 saturated carbocycles. The zero-order valence-corrected chi connectivity index (χ0v) is 47.0. The van der Waals surface area contributed by atoms with Crippen molar-refractivity contribution in [2.75, 3.05) is 4.90 Å². The van der Waals surface area contributed by atoms with E-state index >= 15 is 0 Å². The van der Waals surface area contributed by atoms with Crippen molar-refractivity contribution in [2.24, 2.45) is 0 Å². The molecular formula is C83H59BN2O. The Morgan fingerprint density at radius 3 is 1.61 bits per heavy atom. The smallest absolute Gasteiger partial charge is 0.256 e. The Labute approximate surface area is 541 Å². The van der Waals surface area contributed by atoms with Crippen molar-refractivity contribution in [1.82, 2.24) is 4.57 Å². The fraction of sp³-hybridized carbons (Fsp3) is 0.0602. The Bertz CT molecular complexity index is 6200. The van der Waals surface area contributed by atoms with Gasteiger partial charge in [0.2, 0.25) is 0 Å². The molecule has 4 heteroatoms. The summed E-state index contributed by atoms with van der Waals surface area (Å²) < 4.78 is 224. The molecule has 0 atom stereocenters. The normalized spacial score (nSPS) is 17.1. The van der Waals surface area contributed by atoms with Gasteiger partial charge in [0.1, 0.15) is 11.5 Å². The van der Waals surface area contributed by atoms with Gasteiger partial charge in [-0.1, -0.05) is 269 Å². The number of ether oxygens (including phenoxy) is 1. The summed E-state index contributed by atoms with van der Waals surface area (Å²) in [6, 6.07) is 35.1. The SMILES string of the molecule is [2H]c1c([2H])c([2H])c(-c2ccc3c(c2)Oc2cc(-c4cccc5c4C(c4c([2H])c([2H])c([2H])c([2H])c4[2H])(c4c([2H])c([2H])c([2H])c([2H])c4[2H])c4ccccc4-5)cc4c2B3c2ccc(-n3c5c([2H])c([2H])c([2H])c([2H])c5c5c([2H])c([2H])c([2H])c([2H])c53)cc2N4c2c(-c3ccccc3)cc(C(C)(C)C)cc2-c2ccccc2)c([2H])c1[2H]. The molecule has 0 bridgehead atoms. The molecule has 0 saturated heterocycles. The zero-order valence-electron chi connectivity index (χ0n) is 70.0. The van der Waals surface area contributed by atoms with Crippen molar-refractivity contribution in [3.63, 3.8) is 0 Å². The molecule has 3 heterocycles. The van der Waals surface area contributed by atoms with Gasteiger partial charge in [0, 0.05) is 39.0 Å². The molecule has 0 unspecified atom stereocenters. The molecule has 0 radical (unpaired) electrons. The van der Waals surface area contributed by atoms with Gasteiger partial charge in [-0.2, -0.15) is 0 Å². The van der Waals surface area contributed by atoms with Crippen molar-refractivity contribution in [3.05, 3.63) is 331 Å². The minimum Gasteiger partial charge on any atom is -0.458 e. The summed E-state index contributed by atoms with van der Waals surface area (Å²) in [5.74, 6) is 0.344. The number of fused-ring (bicyclic) bond motifs is 10. The molecule has 3 aliphatic rings. The highest BCUT2D eigenvalue weighted by Gasteiger charge is 2.49. The van der Waals surface area contributed by atoms with E-state index in [9.17, 15) is 21.9 Å². The first-order valence-electron chi connectivity index (χ1n) is 40.0. The molecule has 410 valence electrons. The van der Waals surface area contributed by atoms with Gasteiger partial charge < -0.3 is 14.2 Å². The lowest BCUT2D eigenvalue weighted by Gasteiger charge is -2.42. The van der Waals surface area contributed by atoms with Gasteiger partial charge in [0.25, 0.3) is 6.71 Å². The van der Waals surface area contributed by atoms with Crippen molar-refractivity contribution in [1.29, 1.82) is 0 Å². The maximum absolute atomic E-state index is 10.0. The molecule has 0 spiro atoms. The third-order valence-electron chi connectivity index (χ3n) is 17.3. The Balaban J connectivity index is 1.09. The van der Waals surface area contributed by atoms with Crippen LogP contribution in [0.2, 0.25) is 0 Å². The van der Waals surface area contributed by atoms with E-state index in [2.05, 4.69) is 37.8 Å². The molecule has 1 aromatic heterocycles. The second-order valence-electron chi connectivity index (χ2n) is 23.0. The van der Waals surface area contributed by atoms with Gasteiger partial charge in [0.15, 0.2) is 0 Å². The van der Waals surface area contributed by atoms with Crippen molar-refractivity contribution in [3.8, 4) is 72.8 Å². The van der Waals surface area contributed by atoms with Crippen LogP contribution in [0.3, 0.4) is 0 Å². The molecule has 3 nitrogen and oxygen atoms in total. The Hall–Kier alpha value is -10.7. The highest BCUT2D eigenvalue weighted by molar-refractivity contribution is 6.99. The van der Waals surface area contributed by atoms with E-state index in [1.165, 1.54) is 4.57 Å². The largest absolute Gasteiger partial charge is 0.458 e. The summed E-state index contributed by atoms with van der Waals surface area (Å²) in [6.45, 7) is 5.42. The number of benzene rings is 13. The van der Waals surface area contributed by atoms with Crippen LogP contribution in [-0.2, 0) is 10.8 Å². The molecule has 13 aromatic carbocycles. The molecule has 1 aliphatic carbocycles. The lowest BCUT2D eigenvalue weighted by molar-refractivity contribution is 0.488. The molecule has 0 N–H and O–H groups in total. The highest BCUT2D eigenvalue weighted by Crippen LogP contribution is 2.60. The quantitative estimate of drug-likeness (QED) is 0.141. The number of hydrogen-bond acceptors (Lipinski definition) is 2. The monoisotopic (exact) mass is 1130 g/mol. The number of nitrogens with zero attached hydrogens (tertiary/aromatic N) is 2. The minimum atomic E-state index is -2.36. The lowest BCUT2D eigenvalue weighted by Crippen LogP contribution is -2.59. The van der Waals surface area contributed by atoms with E-state index in [1.54, 1.807) is 72.8 Å². The van der Waals surface area contributed by atoms with Crippen molar-refractivity contribution in [2.45, 2.75) is 31.6 Å². The van der Waals surface area contributed by atoms with Crippen LogP contribution in [0, 0.1) is 0 Å². The number of hydrogen-bond donors (Lipinski definition) is 0. The van der Waals surface area contributed by atoms with Crippen LogP contribution in [0.1, 0.15) is 80.1 Å². The fourth-order valence-corrected chi connectivity index (χ4v) is 13.6. The van der Waals surface area contributed by atoms with Crippen LogP contribution in [0.15, 0.2) is 303 Å². The summed E-state index contributed by atoms with van der Waals surface area (Å²) in [5.41, 5.74) is 4.90. The molecular weight excluding hydrogens is 1050 g/mol. The van der Waals surface area contributed by atoms with Gasteiger partial charge in [-0.05, 0) is 149 Å². The topological polar surface area (TPSA) is 17.4 Å². The number of anilines is 3. The average molecular weight is 1130 g/mol. The first-order chi connectivity index (χ1) is 52.3. The number of rotatable bonds is 8. The van der Waals surface area contributed by atoms with Gasteiger partial charge in [-0.15, -0.1) is 0 Å². The molecule has 87 heavy (non-hydrogen) atoms. The molecule has 0 amide bonds. The van der Waals surface area contributed by atoms with Crippen LogP contribution < -0.4 is 26.0 Å². The van der Waals surface area contributed by atoms with Crippen LogP contribution in [0.4, 0.5) is 17.1 Å². The van der Waals surface area contributed by atoms with E-state index in [4.69, 9.17) is 14.3 Å². The summed E-state index contributed by atoms with van der Waals surface area (Å²) in [7, 11) is 0. The maximum atomic E-state index is 10.0. The summed E-state index contributed by atoms with van der Waals surface area (Å²) in [4.78, 5) is 2.07. The Morgan fingerprint density at radius 1 is 0.414 bits per heavy atom. The second-order valence-corrected chi connectivity index (χ2v) is 23.0. The number of aromatic nitrogens is 1. The predicted octanol–water partition coefficient (Wildman–Crippen LogP) is 19.5.